The molecule has 0 saturated carbocycles. The Morgan fingerprint density at radius 1 is 1.09 bits per heavy atom. The van der Waals surface area contributed by atoms with E-state index in [1.165, 1.54) is 6.08 Å². The van der Waals surface area contributed by atoms with Gasteiger partial charge in [0.05, 0.1) is 5.75 Å². The highest BCUT2D eigenvalue weighted by Crippen LogP contribution is 2.14. The van der Waals surface area contributed by atoms with Crippen molar-refractivity contribution in [2.24, 2.45) is 0 Å². The van der Waals surface area contributed by atoms with Crippen LogP contribution in [0.4, 0.5) is 5.69 Å². The molecule has 0 aromatic heterocycles. The van der Waals surface area contributed by atoms with Crippen molar-refractivity contribution >= 4 is 39.2 Å². The first-order chi connectivity index (χ1) is 10.9. The smallest absolute Gasteiger partial charge is 0.232 e. The Bertz CT molecular complexity index is 810. The zero-order valence-corrected chi connectivity index (χ0v) is 14.1. The molecule has 23 heavy (non-hydrogen) atoms. The number of hydrogen-bond acceptors (Lipinski definition) is 3. The number of halogens is 1. The Morgan fingerprint density at radius 3 is 2.26 bits per heavy atom. The minimum absolute atomic E-state index is 0.00247. The fourth-order valence-electron chi connectivity index (χ4n) is 1.80. The van der Waals surface area contributed by atoms with Crippen molar-refractivity contribution in [3.8, 4) is 0 Å². The molecule has 4 nitrogen and oxygen atoms in total. The van der Waals surface area contributed by atoms with Crippen LogP contribution in [0.15, 0.2) is 54.6 Å². The molecule has 0 saturated heterocycles. The molecule has 0 aliphatic rings. The summed E-state index contributed by atoms with van der Waals surface area (Å²) in [7, 11) is -3.32. The Labute approximate surface area is 140 Å². The summed E-state index contributed by atoms with van der Waals surface area (Å²) in [6.07, 6.45) is 3.17. The van der Waals surface area contributed by atoms with Gasteiger partial charge < -0.3 is 0 Å². The molecule has 0 aliphatic heterocycles. The molecule has 120 valence electrons. The van der Waals surface area contributed by atoms with Crippen LogP contribution >= 0.6 is 11.6 Å². The fourth-order valence-corrected chi connectivity index (χ4v) is 2.56. The van der Waals surface area contributed by atoms with Gasteiger partial charge in [0.2, 0.25) is 10.0 Å². The average Bonchev–Trinajstić information content (AvgIpc) is 2.54. The molecule has 0 heterocycles. The van der Waals surface area contributed by atoms with Crippen LogP contribution in [0.2, 0.25) is 5.02 Å². The maximum Gasteiger partial charge on any atom is 0.232 e. The molecule has 0 unspecified atom stereocenters. The average molecular weight is 350 g/mol. The molecule has 6 heteroatoms. The Hall–Kier alpha value is -2.11. The van der Waals surface area contributed by atoms with Gasteiger partial charge >= 0.3 is 0 Å². The monoisotopic (exact) mass is 349 g/mol. The molecule has 0 fully saturated rings. The molecule has 0 bridgehead atoms. The summed E-state index contributed by atoms with van der Waals surface area (Å²) in [5.41, 5.74) is 1.79. The van der Waals surface area contributed by atoms with Crippen molar-refractivity contribution in [1.29, 1.82) is 0 Å². The number of carbonyl (C=O) groups is 1. The third-order valence-electron chi connectivity index (χ3n) is 3.12. The third-order valence-corrected chi connectivity index (χ3v) is 4.68. The number of sulfonamides is 1. The van der Waals surface area contributed by atoms with Gasteiger partial charge in [-0.15, -0.1) is 0 Å². The van der Waals surface area contributed by atoms with E-state index in [9.17, 15) is 13.2 Å². The van der Waals surface area contributed by atoms with E-state index in [1.807, 2.05) is 12.1 Å². The van der Waals surface area contributed by atoms with E-state index in [0.29, 0.717) is 16.3 Å². The summed E-state index contributed by atoms with van der Waals surface area (Å²) < 4.78 is 25.4. The Morgan fingerprint density at radius 2 is 1.70 bits per heavy atom. The van der Waals surface area contributed by atoms with Gasteiger partial charge in [-0.2, -0.15) is 0 Å². The van der Waals surface area contributed by atoms with Gasteiger partial charge in [-0.1, -0.05) is 29.8 Å². The van der Waals surface area contributed by atoms with Crippen molar-refractivity contribution in [3.05, 3.63) is 70.8 Å². The predicted molar refractivity (Wildman–Crippen MR) is 94.3 cm³/mol. The number of anilines is 1. The highest BCUT2D eigenvalue weighted by Gasteiger charge is 2.07. The first-order valence-corrected chi connectivity index (χ1v) is 9.01. The Kier molecular flexibility index (Phi) is 5.58. The zero-order chi connectivity index (χ0) is 16.9. The van der Waals surface area contributed by atoms with E-state index in [2.05, 4.69) is 4.72 Å². The number of ketones is 1. The van der Waals surface area contributed by atoms with E-state index in [-0.39, 0.29) is 11.5 Å². The molecule has 2 aromatic rings. The van der Waals surface area contributed by atoms with Gasteiger partial charge in [0.25, 0.3) is 0 Å². The molecule has 0 radical (unpaired) electrons. The SMILES string of the molecule is CCS(=O)(=O)Nc1ccc(C(=O)C=Cc2ccc(Cl)cc2)cc1. The van der Waals surface area contributed by atoms with E-state index in [4.69, 9.17) is 11.6 Å². The van der Waals surface area contributed by atoms with Gasteiger partial charge in [-0.25, -0.2) is 8.42 Å². The van der Waals surface area contributed by atoms with Crippen molar-refractivity contribution in [2.45, 2.75) is 6.92 Å². The molecule has 0 amide bonds. The lowest BCUT2D eigenvalue weighted by Crippen LogP contribution is -2.14. The molecule has 2 aromatic carbocycles. The van der Waals surface area contributed by atoms with E-state index in [0.717, 1.165) is 5.56 Å². The minimum atomic E-state index is -3.32. The predicted octanol–water partition coefficient (Wildman–Crippen LogP) is 4.00. The Balaban J connectivity index is 2.07. The summed E-state index contributed by atoms with van der Waals surface area (Å²) in [4.78, 5) is 12.1. The number of rotatable bonds is 6. The molecule has 1 N–H and O–H groups in total. The zero-order valence-electron chi connectivity index (χ0n) is 12.5. The number of carbonyl (C=O) groups excluding carboxylic acids is 1. The van der Waals surface area contributed by atoms with Crippen LogP contribution in [0, 0.1) is 0 Å². The van der Waals surface area contributed by atoms with Gasteiger partial charge in [-0.3, -0.25) is 9.52 Å². The maximum absolute atomic E-state index is 12.1. The lowest BCUT2D eigenvalue weighted by Gasteiger charge is -2.06. The number of benzene rings is 2. The van der Waals surface area contributed by atoms with E-state index >= 15 is 0 Å². The quantitative estimate of drug-likeness (QED) is 0.633. The number of nitrogens with one attached hydrogen (secondary N) is 1. The van der Waals surface area contributed by atoms with Crippen LogP contribution in [0.3, 0.4) is 0 Å². The number of allylic oxidation sites excluding steroid dienone is 1. The molecule has 0 aliphatic carbocycles. The molecule has 2 rings (SSSR count). The van der Waals surface area contributed by atoms with Gasteiger partial charge in [0.15, 0.2) is 5.78 Å². The minimum Gasteiger partial charge on any atom is -0.289 e. The summed E-state index contributed by atoms with van der Waals surface area (Å²) in [5, 5.41) is 0.638. The second-order valence-corrected chi connectivity index (χ2v) is 7.28. The molecular formula is C17H16ClNO3S. The maximum atomic E-state index is 12.1. The highest BCUT2D eigenvalue weighted by atomic mass is 35.5. The van der Waals surface area contributed by atoms with Crippen LogP contribution in [0.5, 0.6) is 0 Å². The summed E-state index contributed by atoms with van der Waals surface area (Å²) in [5.74, 6) is -0.165. The topological polar surface area (TPSA) is 63.2 Å². The lowest BCUT2D eigenvalue weighted by molar-refractivity contribution is 0.104. The fraction of sp³-hybridized carbons (Fsp3) is 0.118. The van der Waals surface area contributed by atoms with Crippen LogP contribution in [0.25, 0.3) is 6.08 Å². The van der Waals surface area contributed by atoms with Crippen molar-refractivity contribution in [3.63, 3.8) is 0 Å². The summed E-state index contributed by atoms with van der Waals surface area (Å²) in [6.45, 7) is 1.56. The summed E-state index contributed by atoms with van der Waals surface area (Å²) >= 11 is 5.80. The third kappa shape index (κ3) is 5.23. The van der Waals surface area contributed by atoms with Crippen molar-refractivity contribution in [1.82, 2.24) is 0 Å². The second kappa shape index (κ2) is 7.44. The van der Waals surface area contributed by atoms with Crippen LogP contribution in [-0.2, 0) is 10.0 Å². The summed E-state index contributed by atoms with van der Waals surface area (Å²) in [6, 6.07) is 13.4. The van der Waals surface area contributed by atoms with Crippen LogP contribution in [0.1, 0.15) is 22.8 Å². The van der Waals surface area contributed by atoms with Gasteiger partial charge in [-0.05, 0) is 55.0 Å². The normalized spacial score (nSPS) is 11.6. The highest BCUT2D eigenvalue weighted by molar-refractivity contribution is 7.92. The van der Waals surface area contributed by atoms with Gasteiger partial charge in [0, 0.05) is 16.3 Å². The van der Waals surface area contributed by atoms with E-state index < -0.39 is 10.0 Å². The lowest BCUT2D eigenvalue weighted by atomic mass is 10.1. The molecule has 0 spiro atoms. The largest absolute Gasteiger partial charge is 0.289 e. The van der Waals surface area contributed by atoms with Crippen molar-refractivity contribution in [2.75, 3.05) is 10.5 Å². The first-order valence-electron chi connectivity index (χ1n) is 6.98. The molecular weight excluding hydrogens is 334 g/mol. The second-order valence-electron chi connectivity index (χ2n) is 4.83. The standard InChI is InChI=1S/C17H16ClNO3S/c1-2-23(21,22)19-16-10-6-14(7-11-16)17(20)12-5-13-3-8-15(18)9-4-13/h3-12,19H,2H2,1H3. The number of hydrogen-bond donors (Lipinski definition) is 1. The molecule has 0 atom stereocenters. The van der Waals surface area contributed by atoms with Crippen LogP contribution in [-0.4, -0.2) is 20.0 Å². The van der Waals surface area contributed by atoms with Crippen LogP contribution < -0.4 is 4.72 Å². The van der Waals surface area contributed by atoms with Crippen molar-refractivity contribution < 1.29 is 13.2 Å². The first kappa shape index (κ1) is 17.2. The van der Waals surface area contributed by atoms with Gasteiger partial charge in [0.1, 0.15) is 0 Å². The van der Waals surface area contributed by atoms with E-state index in [1.54, 1.807) is 49.4 Å².